The van der Waals surface area contributed by atoms with Crippen molar-refractivity contribution in [3.63, 3.8) is 0 Å². The molecule has 0 saturated heterocycles. The number of benzene rings is 1. The van der Waals surface area contributed by atoms with Crippen LogP contribution in [-0.2, 0) is 10.0 Å². The Morgan fingerprint density at radius 1 is 1.56 bits per heavy atom. The van der Waals surface area contributed by atoms with Crippen molar-refractivity contribution in [2.45, 2.75) is 24.3 Å². The Bertz CT molecular complexity index is 563. The second-order valence-corrected chi connectivity index (χ2v) is 5.52. The lowest BCUT2D eigenvalue weighted by atomic mass is 10.2. The van der Waals surface area contributed by atoms with Crippen LogP contribution in [0, 0.1) is 11.3 Å². The monoisotopic (exact) mass is 269 g/mol. The summed E-state index contributed by atoms with van der Waals surface area (Å²) in [5.41, 5.74) is 5.78. The van der Waals surface area contributed by atoms with Gasteiger partial charge in [0.05, 0.1) is 16.6 Å². The van der Waals surface area contributed by atoms with E-state index in [9.17, 15) is 13.5 Å². The average molecular weight is 269 g/mol. The molecule has 0 saturated carbocycles. The summed E-state index contributed by atoms with van der Waals surface area (Å²) in [4.78, 5) is -0.137. The molecule has 0 radical (unpaired) electrons. The minimum atomic E-state index is -3.81. The molecule has 0 aliphatic rings. The van der Waals surface area contributed by atoms with Gasteiger partial charge >= 0.3 is 0 Å². The number of rotatable bonds is 5. The second kappa shape index (κ2) is 5.82. The zero-order valence-electron chi connectivity index (χ0n) is 9.92. The Morgan fingerprint density at radius 3 is 2.78 bits per heavy atom. The van der Waals surface area contributed by atoms with Crippen molar-refractivity contribution >= 4 is 15.7 Å². The molecule has 0 aliphatic heterocycles. The minimum absolute atomic E-state index is 0.0199. The lowest BCUT2D eigenvalue weighted by Gasteiger charge is -2.11. The standard InChI is InChI=1S/C11H15N3O3S/c1-2-10(15)7-14-18(16,17)11-4-3-9(13)5-8(11)6-12/h3-5,10,14-15H,2,7,13H2,1H3. The summed E-state index contributed by atoms with van der Waals surface area (Å²) in [6, 6.07) is 5.76. The molecule has 1 aromatic carbocycles. The van der Waals surface area contributed by atoms with Crippen LogP contribution in [0.2, 0.25) is 0 Å². The van der Waals surface area contributed by atoms with Crippen LogP contribution < -0.4 is 10.5 Å². The van der Waals surface area contributed by atoms with Crippen molar-refractivity contribution in [3.05, 3.63) is 23.8 Å². The Kier molecular flexibility index (Phi) is 4.67. The van der Waals surface area contributed by atoms with Gasteiger partial charge in [-0.15, -0.1) is 0 Å². The van der Waals surface area contributed by atoms with Crippen molar-refractivity contribution in [3.8, 4) is 6.07 Å². The van der Waals surface area contributed by atoms with Gasteiger partial charge in [-0.2, -0.15) is 5.26 Å². The molecule has 1 aromatic rings. The molecule has 98 valence electrons. The molecule has 18 heavy (non-hydrogen) atoms. The number of hydrogen-bond acceptors (Lipinski definition) is 5. The Hall–Kier alpha value is -1.62. The third-order valence-corrected chi connectivity index (χ3v) is 3.88. The molecule has 0 spiro atoms. The third kappa shape index (κ3) is 3.43. The van der Waals surface area contributed by atoms with E-state index in [4.69, 9.17) is 11.0 Å². The van der Waals surface area contributed by atoms with Crippen LogP contribution in [0.25, 0.3) is 0 Å². The Balaban J connectivity index is 3.03. The zero-order valence-corrected chi connectivity index (χ0v) is 10.7. The average Bonchev–Trinajstić information content (AvgIpc) is 2.35. The van der Waals surface area contributed by atoms with Gasteiger partial charge in [0.15, 0.2) is 0 Å². The summed E-state index contributed by atoms with van der Waals surface area (Å²) in [6.07, 6.45) is -0.311. The molecule has 0 aromatic heterocycles. The molecule has 7 heteroatoms. The highest BCUT2D eigenvalue weighted by molar-refractivity contribution is 7.89. The van der Waals surface area contributed by atoms with E-state index in [-0.39, 0.29) is 17.0 Å². The molecular formula is C11H15N3O3S. The molecular weight excluding hydrogens is 254 g/mol. The number of nitrogen functional groups attached to an aromatic ring is 1. The van der Waals surface area contributed by atoms with Gasteiger partial charge in [0.2, 0.25) is 10.0 Å². The topological polar surface area (TPSA) is 116 Å². The van der Waals surface area contributed by atoms with Crippen LogP contribution >= 0.6 is 0 Å². The number of anilines is 1. The summed E-state index contributed by atoms with van der Waals surface area (Å²) in [5, 5.41) is 18.2. The lowest BCUT2D eigenvalue weighted by Crippen LogP contribution is -2.32. The fraction of sp³-hybridized carbons (Fsp3) is 0.364. The predicted octanol–water partition coefficient (Wildman–Crippen LogP) is 0.190. The number of aliphatic hydroxyl groups is 1. The van der Waals surface area contributed by atoms with Crippen molar-refractivity contribution < 1.29 is 13.5 Å². The van der Waals surface area contributed by atoms with Gasteiger partial charge < -0.3 is 10.8 Å². The highest BCUT2D eigenvalue weighted by Gasteiger charge is 2.19. The van der Waals surface area contributed by atoms with Gasteiger partial charge in [-0.05, 0) is 24.6 Å². The van der Waals surface area contributed by atoms with Crippen LogP contribution in [-0.4, -0.2) is 26.2 Å². The van der Waals surface area contributed by atoms with Crippen LogP contribution in [0.4, 0.5) is 5.69 Å². The fourth-order valence-corrected chi connectivity index (χ4v) is 2.51. The maximum absolute atomic E-state index is 11.9. The minimum Gasteiger partial charge on any atom is -0.399 e. The smallest absolute Gasteiger partial charge is 0.241 e. The first-order chi connectivity index (χ1) is 8.40. The molecule has 4 N–H and O–H groups in total. The van der Waals surface area contributed by atoms with Crippen molar-refractivity contribution in [2.75, 3.05) is 12.3 Å². The van der Waals surface area contributed by atoms with Gasteiger partial charge in [-0.25, -0.2) is 13.1 Å². The predicted molar refractivity (Wildman–Crippen MR) is 67.1 cm³/mol. The lowest BCUT2D eigenvalue weighted by molar-refractivity contribution is 0.174. The molecule has 1 rings (SSSR count). The molecule has 0 aliphatic carbocycles. The summed E-state index contributed by atoms with van der Waals surface area (Å²) < 4.78 is 26.1. The van der Waals surface area contributed by atoms with E-state index < -0.39 is 16.1 Å². The number of nitrogens with one attached hydrogen (secondary N) is 1. The first-order valence-corrected chi connectivity index (χ1v) is 6.86. The maximum Gasteiger partial charge on any atom is 0.241 e. The number of nitrogens with zero attached hydrogens (tertiary/aromatic N) is 1. The van der Waals surface area contributed by atoms with Gasteiger partial charge in [-0.1, -0.05) is 6.92 Å². The summed E-state index contributed by atoms with van der Waals surface area (Å²) in [5.74, 6) is 0. The molecule has 0 fully saturated rings. The summed E-state index contributed by atoms with van der Waals surface area (Å²) in [7, 11) is -3.81. The van der Waals surface area contributed by atoms with Gasteiger partial charge in [0, 0.05) is 12.2 Å². The number of nitriles is 1. The number of sulfonamides is 1. The van der Waals surface area contributed by atoms with Crippen LogP contribution in [0.1, 0.15) is 18.9 Å². The highest BCUT2D eigenvalue weighted by atomic mass is 32.2. The van der Waals surface area contributed by atoms with Crippen molar-refractivity contribution in [2.24, 2.45) is 0 Å². The molecule has 1 unspecified atom stereocenters. The van der Waals surface area contributed by atoms with Gasteiger partial charge in [0.1, 0.15) is 6.07 Å². The SMILES string of the molecule is CCC(O)CNS(=O)(=O)c1ccc(N)cc1C#N. The zero-order chi connectivity index (χ0) is 13.8. The van der Waals surface area contributed by atoms with Crippen LogP contribution in [0.15, 0.2) is 23.1 Å². The molecule has 6 nitrogen and oxygen atoms in total. The van der Waals surface area contributed by atoms with Crippen molar-refractivity contribution in [1.29, 1.82) is 5.26 Å². The maximum atomic E-state index is 11.9. The van der Waals surface area contributed by atoms with E-state index >= 15 is 0 Å². The largest absolute Gasteiger partial charge is 0.399 e. The van der Waals surface area contributed by atoms with E-state index in [1.165, 1.54) is 18.2 Å². The Morgan fingerprint density at radius 2 is 2.22 bits per heavy atom. The molecule has 0 bridgehead atoms. The Labute approximate surface area is 106 Å². The fourth-order valence-electron chi connectivity index (χ4n) is 1.30. The van der Waals surface area contributed by atoms with E-state index in [0.29, 0.717) is 12.1 Å². The van der Waals surface area contributed by atoms with E-state index in [0.717, 1.165) is 0 Å². The number of aliphatic hydroxyl groups excluding tert-OH is 1. The van der Waals surface area contributed by atoms with E-state index in [1.54, 1.807) is 13.0 Å². The van der Waals surface area contributed by atoms with E-state index in [2.05, 4.69) is 4.72 Å². The molecule has 0 heterocycles. The first kappa shape index (κ1) is 14.4. The second-order valence-electron chi connectivity index (χ2n) is 3.78. The highest BCUT2D eigenvalue weighted by Crippen LogP contribution is 2.17. The van der Waals surface area contributed by atoms with Gasteiger partial charge in [0.25, 0.3) is 0 Å². The van der Waals surface area contributed by atoms with E-state index in [1.807, 2.05) is 0 Å². The summed E-state index contributed by atoms with van der Waals surface area (Å²) in [6.45, 7) is 1.65. The quantitative estimate of drug-likeness (QED) is 0.660. The molecule has 1 atom stereocenters. The number of nitrogens with two attached hydrogens (primary N) is 1. The summed E-state index contributed by atoms with van der Waals surface area (Å²) >= 11 is 0. The van der Waals surface area contributed by atoms with Crippen LogP contribution in [0.5, 0.6) is 0 Å². The van der Waals surface area contributed by atoms with Crippen LogP contribution in [0.3, 0.4) is 0 Å². The first-order valence-electron chi connectivity index (χ1n) is 5.38. The number of hydrogen-bond donors (Lipinski definition) is 3. The van der Waals surface area contributed by atoms with Crippen molar-refractivity contribution in [1.82, 2.24) is 4.72 Å². The van der Waals surface area contributed by atoms with Gasteiger partial charge in [-0.3, -0.25) is 0 Å². The normalized spacial score (nSPS) is 12.9. The molecule has 0 amide bonds. The third-order valence-electron chi connectivity index (χ3n) is 2.39.